The normalized spacial score (nSPS) is 28.4. The summed E-state index contributed by atoms with van der Waals surface area (Å²) in [5.74, 6) is 1.06. The Morgan fingerprint density at radius 2 is 1.96 bits per heavy atom. The van der Waals surface area contributed by atoms with Crippen LogP contribution in [0.25, 0.3) is 0 Å². The molecule has 3 rings (SSSR count). The van der Waals surface area contributed by atoms with Crippen LogP contribution in [0.1, 0.15) is 24.8 Å². The molecule has 4 nitrogen and oxygen atoms in total. The molecule has 2 fully saturated rings. The monoisotopic (exact) mass is 320 g/mol. The Morgan fingerprint density at radius 1 is 1.30 bits per heavy atom. The fourth-order valence-corrected chi connectivity index (χ4v) is 3.97. The maximum absolute atomic E-state index is 13.8. The van der Waals surface area contributed by atoms with Gasteiger partial charge in [0.2, 0.25) is 0 Å². The smallest absolute Gasteiger partial charge is 0.319 e. The van der Waals surface area contributed by atoms with Crippen molar-refractivity contribution >= 4 is 11.7 Å². The first-order valence-electron chi connectivity index (χ1n) is 7.67. The van der Waals surface area contributed by atoms with Crippen molar-refractivity contribution in [1.29, 1.82) is 0 Å². The highest BCUT2D eigenvalue weighted by atomic mass is 19.1. The van der Waals surface area contributed by atoms with Gasteiger partial charge in [-0.2, -0.15) is 0 Å². The number of benzene rings is 1. The summed E-state index contributed by atoms with van der Waals surface area (Å²) in [6.45, 7) is 0.00566. The summed E-state index contributed by atoms with van der Waals surface area (Å²) in [5.41, 5.74) is -0.454. The number of rotatable bonds is 3. The highest BCUT2D eigenvalue weighted by Crippen LogP contribution is 2.48. The van der Waals surface area contributed by atoms with Gasteiger partial charge < -0.3 is 15.7 Å². The first kappa shape index (κ1) is 15.8. The number of amides is 2. The van der Waals surface area contributed by atoms with Gasteiger partial charge in [-0.25, -0.2) is 13.6 Å². The lowest BCUT2D eigenvalue weighted by atomic mass is 9.85. The van der Waals surface area contributed by atoms with Gasteiger partial charge in [-0.15, -0.1) is 6.42 Å². The maximum Gasteiger partial charge on any atom is 0.319 e. The third kappa shape index (κ3) is 2.89. The fourth-order valence-electron chi connectivity index (χ4n) is 3.97. The highest BCUT2D eigenvalue weighted by molar-refractivity contribution is 5.90. The molecule has 4 atom stereocenters. The van der Waals surface area contributed by atoms with Gasteiger partial charge in [0.25, 0.3) is 0 Å². The minimum atomic E-state index is -0.917. The number of hydrogen-bond donors (Lipinski definition) is 3. The van der Waals surface area contributed by atoms with Crippen molar-refractivity contribution in [2.24, 2.45) is 17.8 Å². The summed E-state index contributed by atoms with van der Waals surface area (Å²) in [6, 6.07) is 1.15. The van der Waals surface area contributed by atoms with Gasteiger partial charge in [-0.05, 0) is 43.2 Å². The predicted octanol–water partition coefficient (Wildman–Crippen LogP) is 2.47. The molecule has 1 aromatic carbocycles. The van der Waals surface area contributed by atoms with Crippen LogP contribution in [0, 0.1) is 41.7 Å². The SMILES string of the molecule is C#Cc1cc(F)c(NC(=O)NC2C3CCC(C3)C2CO)c(F)c1. The molecule has 1 aromatic rings. The van der Waals surface area contributed by atoms with E-state index >= 15 is 0 Å². The number of urea groups is 1. The van der Waals surface area contributed by atoms with Crippen LogP contribution in [0.2, 0.25) is 0 Å². The van der Waals surface area contributed by atoms with E-state index in [9.17, 15) is 18.7 Å². The van der Waals surface area contributed by atoms with Crippen molar-refractivity contribution in [3.8, 4) is 12.3 Å². The molecule has 0 aliphatic heterocycles. The van der Waals surface area contributed by atoms with Crippen LogP contribution in [-0.2, 0) is 0 Å². The van der Waals surface area contributed by atoms with E-state index in [2.05, 4.69) is 16.6 Å². The van der Waals surface area contributed by atoms with Gasteiger partial charge in [0.05, 0.1) is 0 Å². The molecule has 2 bridgehead atoms. The van der Waals surface area contributed by atoms with E-state index in [-0.39, 0.29) is 24.1 Å². The second-order valence-corrected chi connectivity index (χ2v) is 6.26. The average Bonchev–Trinajstić information content (AvgIpc) is 3.11. The van der Waals surface area contributed by atoms with Crippen LogP contribution < -0.4 is 10.6 Å². The van der Waals surface area contributed by atoms with Gasteiger partial charge in [0.15, 0.2) is 11.6 Å². The molecule has 0 aromatic heterocycles. The Labute approximate surface area is 133 Å². The van der Waals surface area contributed by atoms with E-state index in [1.807, 2.05) is 0 Å². The average molecular weight is 320 g/mol. The van der Waals surface area contributed by atoms with Crippen LogP contribution in [0.4, 0.5) is 19.3 Å². The molecule has 0 radical (unpaired) electrons. The first-order valence-corrected chi connectivity index (χ1v) is 7.67. The molecular formula is C17H18F2N2O2. The minimum Gasteiger partial charge on any atom is -0.396 e. The third-order valence-electron chi connectivity index (χ3n) is 5.04. The molecule has 0 saturated heterocycles. The van der Waals surface area contributed by atoms with Crippen molar-refractivity contribution in [2.75, 3.05) is 11.9 Å². The van der Waals surface area contributed by atoms with E-state index in [1.165, 1.54) is 0 Å². The molecule has 2 aliphatic rings. The van der Waals surface area contributed by atoms with Gasteiger partial charge in [-0.3, -0.25) is 0 Å². The highest BCUT2D eigenvalue weighted by Gasteiger charge is 2.47. The van der Waals surface area contributed by atoms with Gasteiger partial charge in [-0.1, -0.05) is 5.92 Å². The Balaban J connectivity index is 1.70. The van der Waals surface area contributed by atoms with Crippen molar-refractivity contribution in [3.63, 3.8) is 0 Å². The van der Waals surface area contributed by atoms with Crippen LogP contribution in [0.3, 0.4) is 0 Å². The van der Waals surface area contributed by atoms with E-state index in [4.69, 9.17) is 6.42 Å². The third-order valence-corrected chi connectivity index (χ3v) is 5.04. The van der Waals surface area contributed by atoms with Gasteiger partial charge in [0.1, 0.15) is 5.69 Å². The molecule has 0 heterocycles. The molecule has 0 spiro atoms. The molecular weight excluding hydrogens is 302 g/mol. The van der Waals surface area contributed by atoms with E-state index in [1.54, 1.807) is 0 Å². The molecule has 122 valence electrons. The number of aliphatic hydroxyl groups excluding tert-OH is 1. The van der Waals surface area contributed by atoms with Crippen molar-refractivity contribution < 1.29 is 18.7 Å². The van der Waals surface area contributed by atoms with Crippen LogP contribution in [0.5, 0.6) is 0 Å². The maximum atomic E-state index is 13.8. The van der Waals surface area contributed by atoms with Crippen LogP contribution in [0.15, 0.2) is 12.1 Å². The zero-order valence-electron chi connectivity index (χ0n) is 12.5. The number of terminal acetylenes is 1. The molecule has 2 aliphatic carbocycles. The summed E-state index contributed by atoms with van der Waals surface area (Å²) in [6.07, 6.45) is 8.16. The number of carbonyl (C=O) groups is 1. The Hall–Kier alpha value is -2.13. The number of carbonyl (C=O) groups excluding carboxylic acids is 1. The van der Waals surface area contributed by atoms with Crippen molar-refractivity contribution in [3.05, 3.63) is 29.3 Å². The zero-order valence-corrected chi connectivity index (χ0v) is 12.5. The number of nitrogens with one attached hydrogen (secondary N) is 2. The van der Waals surface area contributed by atoms with E-state index in [0.717, 1.165) is 31.4 Å². The van der Waals surface area contributed by atoms with Crippen LogP contribution >= 0.6 is 0 Å². The second-order valence-electron chi connectivity index (χ2n) is 6.26. The Morgan fingerprint density at radius 3 is 2.57 bits per heavy atom. The van der Waals surface area contributed by atoms with Gasteiger partial charge in [0, 0.05) is 24.1 Å². The number of halogens is 2. The zero-order chi connectivity index (χ0) is 16.6. The number of aliphatic hydroxyl groups is 1. The van der Waals surface area contributed by atoms with Crippen LogP contribution in [-0.4, -0.2) is 23.8 Å². The lowest BCUT2D eigenvalue weighted by Crippen LogP contribution is -2.47. The molecule has 23 heavy (non-hydrogen) atoms. The summed E-state index contributed by atoms with van der Waals surface area (Å²) < 4.78 is 27.7. The number of fused-ring (bicyclic) bond motifs is 2. The van der Waals surface area contributed by atoms with Gasteiger partial charge >= 0.3 is 6.03 Å². The summed E-state index contributed by atoms with van der Waals surface area (Å²) >= 11 is 0. The number of hydrogen-bond acceptors (Lipinski definition) is 2. The predicted molar refractivity (Wildman–Crippen MR) is 81.6 cm³/mol. The molecule has 4 unspecified atom stereocenters. The number of anilines is 1. The summed E-state index contributed by atoms with van der Waals surface area (Å²) in [5, 5.41) is 14.5. The topological polar surface area (TPSA) is 61.4 Å². The van der Waals surface area contributed by atoms with E-state index in [0.29, 0.717) is 11.8 Å². The Bertz CT molecular complexity index is 648. The second kappa shape index (κ2) is 6.17. The summed E-state index contributed by atoms with van der Waals surface area (Å²) in [7, 11) is 0. The van der Waals surface area contributed by atoms with E-state index < -0.39 is 23.4 Å². The standard InChI is InChI=1S/C17H18F2N2O2/c1-2-9-5-13(18)16(14(19)6-9)21-17(23)20-15-11-4-3-10(7-11)12(15)8-22/h1,5-6,10-12,15,22H,3-4,7-8H2,(H2,20,21,23). The molecule has 3 N–H and O–H groups in total. The molecule has 2 saturated carbocycles. The molecule has 6 heteroatoms. The quantitative estimate of drug-likeness (QED) is 0.749. The minimum absolute atomic E-state index is 0.00566. The fraction of sp³-hybridized carbons (Fsp3) is 0.471. The Kier molecular flexibility index (Phi) is 4.22. The van der Waals surface area contributed by atoms with Crippen molar-refractivity contribution in [1.82, 2.24) is 5.32 Å². The van der Waals surface area contributed by atoms with Crippen molar-refractivity contribution in [2.45, 2.75) is 25.3 Å². The largest absolute Gasteiger partial charge is 0.396 e. The molecule has 2 amide bonds. The first-order chi connectivity index (χ1) is 11.0. The lowest BCUT2D eigenvalue weighted by Gasteiger charge is -2.30. The summed E-state index contributed by atoms with van der Waals surface area (Å²) in [4.78, 5) is 12.1. The lowest BCUT2D eigenvalue weighted by molar-refractivity contribution is 0.146.